The first kappa shape index (κ1) is 19.6. The lowest BCUT2D eigenvalue weighted by atomic mass is 10.0. The zero-order valence-corrected chi connectivity index (χ0v) is 17.3. The molecule has 30 heavy (non-hydrogen) atoms. The van der Waals surface area contributed by atoms with Crippen LogP contribution in [0.15, 0.2) is 61.1 Å². The molecule has 0 saturated heterocycles. The molecular formula is C23H24N6O. The van der Waals surface area contributed by atoms with Crippen molar-refractivity contribution < 1.29 is 4.79 Å². The van der Waals surface area contributed by atoms with Crippen LogP contribution in [0.2, 0.25) is 0 Å². The van der Waals surface area contributed by atoms with Crippen molar-refractivity contribution in [2.24, 2.45) is 0 Å². The van der Waals surface area contributed by atoms with Gasteiger partial charge in [-0.25, -0.2) is 9.97 Å². The zero-order chi connectivity index (χ0) is 21.1. The molecule has 0 radical (unpaired) electrons. The summed E-state index contributed by atoms with van der Waals surface area (Å²) in [7, 11) is 3.88. The molecule has 1 aromatic carbocycles. The third-order valence-corrected chi connectivity index (χ3v) is 4.99. The second-order valence-electron chi connectivity index (χ2n) is 7.42. The fraction of sp³-hybridized carbons (Fsp3) is 0.217. The highest BCUT2D eigenvalue weighted by Gasteiger charge is 2.21. The van der Waals surface area contributed by atoms with Gasteiger partial charge in [0.25, 0.3) is 5.91 Å². The maximum Gasteiger partial charge on any atom is 0.253 e. The number of carbonyl (C=O) groups excluding carboxylic acids is 1. The molecule has 4 rings (SSSR count). The van der Waals surface area contributed by atoms with Crippen LogP contribution < -0.4 is 10.2 Å². The van der Waals surface area contributed by atoms with Crippen LogP contribution in [0.3, 0.4) is 0 Å². The van der Waals surface area contributed by atoms with Crippen molar-refractivity contribution in [1.82, 2.24) is 25.3 Å². The molecule has 0 fully saturated rings. The number of nitrogens with zero attached hydrogens (tertiary/aromatic N) is 4. The number of hydrogen-bond acceptors (Lipinski definition) is 5. The van der Waals surface area contributed by atoms with Gasteiger partial charge in [0.05, 0.1) is 17.3 Å². The maximum absolute atomic E-state index is 12.9. The van der Waals surface area contributed by atoms with Crippen molar-refractivity contribution in [2.45, 2.75) is 19.4 Å². The first-order valence-electron chi connectivity index (χ1n) is 9.80. The molecule has 0 unspecified atom stereocenters. The summed E-state index contributed by atoms with van der Waals surface area (Å²) in [4.78, 5) is 31.3. The number of benzene rings is 1. The van der Waals surface area contributed by atoms with E-state index in [4.69, 9.17) is 0 Å². The third-order valence-electron chi connectivity index (χ3n) is 4.99. The summed E-state index contributed by atoms with van der Waals surface area (Å²) < 4.78 is 0. The summed E-state index contributed by atoms with van der Waals surface area (Å²) in [6.45, 7) is 1.86. The van der Waals surface area contributed by atoms with Gasteiger partial charge >= 0.3 is 0 Å². The van der Waals surface area contributed by atoms with Gasteiger partial charge in [0, 0.05) is 56.1 Å². The largest absolute Gasteiger partial charge is 0.363 e. The minimum atomic E-state index is -0.322. The van der Waals surface area contributed by atoms with Crippen LogP contribution in [-0.2, 0) is 6.42 Å². The van der Waals surface area contributed by atoms with E-state index in [2.05, 4.69) is 31.3 Å². The molecule has 0 aliphatic heterocycles. The molecule has 1 amide bonds. The predicted octanol–water partition coefficient (Wildman–Crippen LogP) is 3.44. The van der Waals surface area contributed by atoms with Crippen molar-refractivity contribution in [2.75, 3.05) is 19.0 Å². The first-order chi connectivity index (χ1) is 14.5. The van der Waals surface area contributed by atoms with Crippen LogP contribution in [0.4, 0.5) is 5.82 Å². The van der Waals surface area contributed by atoms with Gasteiger partial charge in [0.1, 0.15) is 11.6 Å². The van der Waals surface area contributed by atoms with E-state index in [1.165, 1.54) is 0 Å². The summed E-state index contributed by atoms with van der Waals surface area (Å²) in [5.41, 5.74) is 3.47. The van der Waals surface area contributed by atoms with E-state index < -0.39 is 0 Å². The fourth-order valence-electron chi connectivity index (χ4n) is 3.47. The fourth-order valence-corrected chi connectivity index (χ4v) is 3.47. The van der Waals surface area contributed by atoms with Crippen LogP contribution in [0, 0.1) is 6.92 Å². The summed E-state index contributed by atoms with van der Waals surface area (Å²) in [5.74, 6) is 1.28. The molecule has 3 heterocycles. The van der Waals surface area contributed by atoms with Gasteiger partial charge in [-0.1, -0.05) is 18.2 Å². The van der Waals surface area contributed by atoms with Gasteiger partial charge in [-0.2, -0.15) is 0 Å². The highest BCUT2D eigenvalue weighted by Crippen LogP contribution is 2.25. The first-order valence-corrected chi connectivity index (χ1v) is 9.80. The van der Waals surface area contributed by atoms with E-state index in [-0.39, 0.29) is 11.9 Å². The number of aromatic nitrogens is 4. The summed E-state index contributed by atoms with van der Waals surface area (Å²) >= 11 is 0. The molecule has 7 nitrogen and oxygen atoms in total. The number of H-pyrrole nitrogens is 1. The lowest BCUT2D eigenvalue weighted by molar-refractivity contribution is 0.0935. The van der Waals surface area contributed by atoms with E-state index in [0.29, 0.717) is 17.8 Å². The Labute approximate surface area is 175 Å². The minimum Gasteiger partial charge on any atom is -0.363 e. The molecule has 7 heteroatoms. The topological polar surface area (TPSA) is 86.8 Å². The third kappa shape index (κ3) is 4.15. The molecule has 0 aliphatic carbocycles. The van der Waals surface area contributed by atoms with Gasteiger partial charge in [-0.15, -0.1) is 0 Å². The molecule has 0 spiro atoms. The highest BCUT2D eigenvalue weighted by molar-refractivity contribution is 5.94. The van der Waals surface area contributed by atoms with Gasteiger partial charge < -0.3 is 15.2 Å². The van der Waals surface area contributed by atoms with Crippen molar-refractivity contribution >= 4 is 22.6 Å². The van der Waals surface area contributed by atoms with E-state index in [9.17, 15) is 4.79 Å². The lowest BCUT2D eigenvalue weighted by Gasteiger charge is -2.21. The maximum atomic E-state index is 12.9. The summed E-state index contributed by atoms with van der Waals surface area (Å²) in [6.07, 6.45) is 5.81. The quantitative estimate of drug-likeness (QED) is 0.518. The number of pyridine rings is 1. The van der Waals surface area contributed by atoms with Crippen molar-refractivity contribution in [3.63, 3.8) is 0 Å². The number of fused-ring (bicyclic) bond motifs is 1. The van der Waals surface area contributed by atoms with Gasteiger partial charge in [-0.05, 0) is 30.7 Å². The van der Waals surface area contributed by atoms with E-state index in [1.54, 1.807) is 24.5 Å². The molecule has 0 aliphatic rings. The Morgan fingerprint density at radius 1 is 1.17 bits per heavy atom. The molecule has 0 bridgehead atoms. The number of aromatic amines is 1. The Morgan fingerprint density at radius 2 is 2.00 bits per heavy atom. The number of amides is 1. The van der Waals surface area contributed by atoms with Crippen LogP contribution in [0.25, 0.3) is 10.9 Å². The monoisotopic (exact) mass is 400 g/mol. The second kappa shape index (κ2) is 8.32. The number of carbonyl (C=O) groups is 1. The van der Waals surface area contributed by atoms with Gasteiger partial charge in [-0.3, -0.25) is 9.78 Å². The Kier molecular flexibility index (Phi) is 5.43. The zero-order valence-electron chi connectivity index (χ0n) is 17.3. The molecule has 1 atom stereocenters. The number of rotatable bonds is 6. The molecule has 2 N–H and O–H groups in total. The van der Waals surface area contributed by atoms with E-state index in [1.807, 2.05) is 56.4 Å². The van der Waals surface area contributed by atoms with Gasteiger partial charge in [0.2, 0.25) is 0 Å². The van der Waals surface area contributed by atoms with E-state index in [0.717, 1.165) is 28.0 Å². The van der Waals surface area contributed by atoms with E-state index >= 15 is 0 Å². The number of hydrogen-bond donors (Lipinski definition) is 2. The Hall–Kier alpha value is -3.74. The lowest BCUT2D eigenvalue weighted by Crippen LogP contribution is -2.31. The van der Waals surface area contributed by atoms with Crippen LogP contribution >= 0.6 is 0 Å². The normalized spacial score (nSPS) is 12.0. The molecule has 4 aromatic rings. The molecule has 152 valence electrons. The Morgan fingerprint density at radius 3 is 2.77 bits per heavy atom. The standard InChI is InChI=1S/C23H24N6O/c1-15-26-21(12-22(27-15)29(2)3)20(28-23(30)16-7-6-10-24-13-16)11-17-14-25-19-9-5-4-8-18(17)19/h4-10,12-14,20,25H,11H2,1-3H3,(H,28,30)/t20-/m0/s1. The van der Waals surface area contributed by atoms with Crippen molar-refractivity contribution in [1.29, 1.82) is 0 Å². The highest BCUT2D eigenvalue weighted by atomic mass is 16.1. The molecule has 0 saturated carbocycles. The average Bonchev–Trinajstić information content (AvgIpc) is 3.16. The smallest absolute Gasteiger partial charge is 0.253 e. The SMILES string of the molecule is Cc1nc([C@H](Cc2c[nH]c3ccccc23)NC(=O)c2cccnc2)cc(N(C)C)n1. The summed E-state index contributed by atoms with van der Waals surface area (Å²) in [6, 6.07) is 13.2. The van der Waals surface area contributed by atoms with Crippen LogP contribution in [-0.4, -0.2) is 39.9 Å². The minimum absolute atomic E-state index is 0.185. The van der Waals surface area contributed by atoms with Crippen LogP contribution in [0.5, 0.6) is 0 Å². The second-order valence-corrected chi connectivity index (χ2v) is 7.42. The Balaban J connectivity index is 1.72. The van der Waals surface area contributed by atoms with Gasteiger partial charge in [0.15, 0.2) is 0 Å². The Bertz CT molecular complexity index is 1170. The molecular weight excluding hydrogens is 376 g/mol. The van der Waals surface area contributed by atoms with Crippen LogP contribution in [0.1, 0.15) is 33.5 Å². The number of anilines is 1. The van der Waals surface area contributed by atoms with Crippen molar-refractivity contribution in [3.8, 4) is 0 Å². The number of para-hydroxylation sites is 1. The summed E-state index contributed by atoms with van der Waals surface area (Å²) in [5, 5.41) is 4.28. The number of aryl methyl sites for hydroxylation is 1. The average molecular weight is 400 g/mol. The predicted molar refractivity (Wildman–Crippen MR) is 118 cm³/mol. The molecule has 3 aromatic heterocycles. The van der Waals surface area contributed by atoms with Crippen molar-refractivity contribution in [3.05, 3.63) is 83.7 Å². The number of nitrogens with one attached hydrogen (secondary N) is 2.